The first-order valence-corrected chi connectivity index (χ1v) is 7.39. The van der Waals surface area contributed by atoms with Crippen molar-refractivity contribution in [2.45, 2.75) is 18.7 Å². The molecule has 7 heteroatoms. The second kappa shape index (κ2) is 4.38. The van der Waals surface area contributed by atoms with Gasteiger partial charge in [-0.05, 0) is 32.0 Å². The van der Waals surface area contributed by atoms with Crippen LogP contribution in [0.2, 0.25) is 0 Å². The molecule has 0 saturated carbocycles. The predicted molar refractivity (Wildman–Crippen MR) is 73.0 cm³/mol. The molecule has 0 saturated heterocycles. The minimum absolute atomic E-state index is 0.128. The van der Waals surface area contributed by atoms with Crippen LogP contribution in [0.15, 0.2) is 44.4 Å². The molecule has 104 valence electrons. The Morgan fingerprint density at radius 1 is 1.20 bits per heavy atom. The van der Waals surface area contributed by atoms with Crippen LogP contribution >= 0.6 is 0 Å². The summed E-state index contributed by atoms with van der Waals surface area (Å²) in [7, 11) is -3.76. The van der Waals surface area contributed by atoms with Gasteiger partial charge in [0.05, 0.1) is 16.9 Å². The average Bonchev–Trinajstić information content (AvgIpc) is 3.00. The summed E-state index contributed by atoms with van der Waals surface area (Å²) in [4.78, 5) is 0.136. The minimum Gasteiger partial charge on any atom is -0.464 e. The molecule has 3 rings (SSSR count). The number of hydrogen-bond acceptors (Lipinski definition) is 5. The molecule has 1 aromatic carbocycles. The number of rotatable bonds is 3. The summed E-state index contributed by atoms with van der Waals surface area (Å²) in [6.07, 6.45) is 1.45. The fourth-order valence-corrected chi connectivity index (χ4v) is 3.15. The van der Waals surface area contributed by atoms with E-state index >= 15 is 0 Å². The lowest BCUT2D eigenvalue weighted by Gasteiger charge is -2.06. The van der Waals surface area contributed by atoms with Crippen LogP contribution < -0.4 is 4.72 Å². The molecule has 20 heavy (non-hydrogen) atoms. The molecule has 0 bridgehead atoms. The van der Waals surface area contributed by atoms with Crippen LogP contribution in [0.25, 0.3) is 11.0 Å². The highest BCUT2D eigenvalue weighted by Gasteiger charge is 2.21. The highest BCUT2D eigenvalue weighted by atomic mass is 32.2. The Bertz CT molecular complexity index is 877. The zero-order valence-corrected chi connectivity index (χ0v) is 11.7. The van der Waals surface area contributed by atoms with Crippen LogP contribution in [0, 0.1) is 13.8 Å². The molecule has 2 heterocycles. The second-order valence-corrected chi connectivity index (χ2v) is 6.07. The molecule has 6 nitrogen and oxygen atoms in total. The van der Waals surface area contributed by atoms with Crippen molar-refractivity contribution in [2.24, 2.45) is 0 Å². The van der Waals surface area contributed by atoms with E-state index < -0.39 is 10.0 Å². The van der Waals surface area contributed by atoms with Gasteiger partial charge in [-0.2, -0.15) is 0 Å². The largest absolute Gasteiger partial charge is 0.464 e. The molecule has 0 aliphatic rings. The van der Waals surface area contributed by atoms with E-state index in [-0.39, 0.29) is 10.8 Å². The van der Waals surface area contributed by atoms with Gasteiger partial charge in [0.25, 0.3) is 10.0 Å². The predicted octanol–water partition coefficient (Wildman–Crippen LogP) is 2.84. The first-order valence-electron chi connectivity index (χ1n) is 5.91. The summed E-state index contributed by atoms with van der Waals surface area (Å²) >= 11 is 0. The molecule has 0 aliphatic carbocycles. The lowest BCUT2D eigenvalue weighted by Crippen LogP contribution is -2.13. The van der Waals surface area contributed by atoms with Gasteiger partial charge in [-0.1, -0.05) is 11.2 Å². The first-order chi connectivity index (χ1) is 9.49. The molecule has 1 N–H and O–H groups in total. The molecular formula is C13H12N2O4S. The van der Waals surface area contributed by atoms with Gasteiger partial charge in [0.15, 0.2) is 0 Å². The Morgan fingerprint density at radius 2 is 2.00 bits per heavy atom. The standard InChI is InChI=1S/C13H12N2O4S/c1-8-9(2)14-19-13(8)15-20(16,17)12-5-3-4-11-10(12)6-7-18-11/h3-7,15H,1-2H3. The maximum absolute atomic E-state index is 12.4. The smallest absolute Gasteiger partial charge is 0.264 e. The minimum atomic E-state index is -3.76. The fourth-order valence-electron chi connectivity index (χ4n) is 1.89. The second-order valence-electron chi connectivity index (χ2n) is 4.42. The highest BCUT2D eigenvalue weighted by Crippen LogP contribution is 2.27. The number of sulfonamides is 1. The molecule has 0 amide bonds. The average molecular weight is 292 g/mol. The van der Waals surface area contributed by atoms with Crippen LogP contribution in [0.1, 0.15) is 11.3 Å². The summed E-state index contributed by atoms with van der Waals surface area (Å²) < 4.78 is 37.5. The van der Waals surface area contributed by atoms with Crippen LogP contribution in [-0.2, 0) is 10.0 Å². The normalized spacial score (nSPS) is 11.9. The summed E-state index contributed by atoms with van der Waals surface area (Å²) in [5.74, 6) is 0.128. The Balaban J connectivity index is 2.08. The quantitative estimate of drug-likeness (QED) is 0.802. The third kappa shape index (κ3) is 1.96. The fraction of sp³-hybridized carbons (Fsp3) is 0.154. The zero-order valence-electron chi connectivity index (χ0n) is 10.9. The molecule has 3 aromatic rings. The lowest BCUT2D eigenvalue weighted by molar-refractivity contribution is 0.430. The van der Waals surface area contributed by atoms with Gasteiger partial charge in [-0.3, -0.25) is 0 Å². The zero-order chi connectivity index (χ0) is 14.3. The molecule has 0 aliphatic heterocycles. The third-order valence-corrected chi connectivity index (χ3v) is 4.52. The van der Waals surface area contributed by atoms with E-state index in [0.29, 0.717) is 22.2 Å². The van der Waals surface area contributed by atoms with Crippen molar-refractivity contribution in [3.8, 4) is 0 Å². The summed E-state index contributed by atoms with van der Waals surface area (Å²) in [6.45, 7) is 3.48. The van der Waals surface area contributed by atoms with Gasteiger partial charge >= 0.3 is 0 Å². The maximum Gasteiger partial charge on any atom is 0.264 e. The van der Waals surface area contributed by atoms with Crippen molar-refractivity contribution < 1.29 is 17.4 Å². The van der Waals surface area contributed by atoms with E-state index in [1.807, 2.05) is 0 Å². The number of nitrogens with zero attached hydrogens (tertiary/aromatic N) is 1. The molecule has 0 unspecified atom stereocenters. The molecule has 2 aromatic heterocycles. The van der Waals surface area contributed by atoms with Crippen molar-refractivity contribution in [3.63, 3.8) is 0 Å². The van der Waals surface area contributed by atoms with E-state index in [9.17, 15) is 8.42 Å². The monoisotopic (exact) mass is 292 g/mol. The van der Waals surface area contributed by atoms with Crippen molar-refractivity contribution in [2.75, 3.05) is 4.72 Å². The highest BCUT2D eigenvalue weighted by molar-refractivity contribution is 7.93. The number of anilines is 1. The Morgan fingerprint density at radius 3 is 2.70 bits per heavy atom. The van der Waals surface area contributed by atoms with Crippen molar-refractivity contribution in [1.29, 1.82) is 0 Å². The first kappa shape index (κ1) is 12.7. The Kier molecular flexibility index (Phi) is 2.79. The van der Waals surface area contributed by atoms with Crippen molar-refractivity contribution in [3.05, 3.63) is 41.8 Å². The number of aromatic nitrogens is 1. The molecule has 0 fully saturated rings. The summed E-state index contributed by atoms with van der Waals surface area (Å²) in [6, 6.07) is 6.46. The van der Waals surface area contributed by atoms with Gasteiger partial charge in [0, 0.05) is 10.9 Å². The third-order valence-electron chi connectivity index (χ3n) is 3.13. The Hall–Kier alpha value is -2.28. The number of hydrogen-bond donors (Lipinski definition) is 1. The summed E-state index contributed by atoms with van der Waals surface area (Å²) in [5, 5.41) is 4.25. The van der Waals surface area contributed by atoms with Gasteiger partial charge in [-0.25, -0.2) is 13.1 Å². The SMILES string of the molecule is Cc1noc(NS(=O)(=O)c2cccc3occc23)c1C. The van der Waals surface area contributed by atoms with Gasteiger partial charge in [0.2, 0.25) is 5.88 Å². The van der Waals surface area contributed by atoms with Crippen LogP contribution in [0.3, 0.4) is 0 Å². The van der Waals surface area contributed by atoms with E-state index in [2.05, 4.69) is 9.88 Å². The van der Waals surface area contributed by atoms with Crippen LogP contribution in [0.4, 0.5) is 5.88 Å². The number of benzene rings is 1. The van der Waals surface area contributed by atoms with E-state index in [0.717, 1.165) is 0 Å². The number of fused-ring (bicyclic) bond motifs is 1. The molecular weight excluding hydrogens is 280 g/mol. The number of nitrogens with one attached hydrogen (secondary N) is 1. The van der Waals surface area contributed by atoms with E-state index in [1.165, 1.54) is 12.3 Å². The number of furan rings is 1. The molecule has 0 atom stereocenters. The van der Waals surface area contributed by atoms with Gasteiger partial charge in [-0.15, -0.1) is 0 Å². The van der Waals surface area contributed by atoms with Crippen LogP contribution in [-0.4, -0.2) is 13.6 Å². The van der Waals surface area contributed by atoms with Crippen LogP contribution in [0.5, 0.6) is 0 Å². The Labute approximate surface area is 115 Å². The molecule has 0 radical (unpaired) electrons. The van der Waals surface area contributed by atoms with Gasteiger partial charge in [0.1, 0.15) is 5.58 Å². The van der Waals surface area contributed by atoms with Crippen molar-refractivity contribution >= 4 is 26.9 Å². The number of aryl methyl sites for hydroxylation is 1. The van der Waals surface area contributed by atoms with Gasteiger partial charge < -0.3 is 8.94 Å². The van der Waals surface area contributed by atoms with E-state index in [1.54, 1.807) is 32.0 Å². The van der Waals surface area contributed by atoms with Crippen molar-refractivity contribution in [1.82, 2.24) is 5.16 Å². The topological polar surface area (TPSA) is 85.3 Å². The molecule has 0 spiro atoms. The maximum atomic E-state index is 12.4. The lowest BCUT2D eigenvalue weighted by atomic mass is 10.3. The van der Waals surface area contributed by atoms with E-state index in [4.69, 9.17) is 8.94 Å². The summed E-state index contributed by atoms with van der Waals surface area (Å²) in [5.41, 5.74) is 1.82.